The van der Waals surface area contributed by atoms with E-state index in [4.69, 9.17) is 0 Å². The molecule has 0 unspecified atom stereocenters. The Morgan fingerprint density at radius 2 is 1.84 bits per heavy atom. The van der Waals surface area contributed by atoms with Crippen LogP contribution in [0.5, 0.6) is 0 Å². The molecule has 2 aromatic rings. The molecular weight excluding hydrogens is 333 g/mol. The van der Waals surface area contributed by atoms with Gasteiger partial charge in [-0.2, -0.15) is 13.2 Å². The van der Waals surface area contributed by atoms with Gasteiger partial charge in [0.15, 0.2) is 11.8 Å². The molecule has 2 N–H and O–H groups in total. The number of guanidine groups is 1. The monoisotopic (exact) mass is 354 g/mol. The highest BCUT2D eigenvalue weighted by Crippen LogP contribution is 2.29. The first-order valence-electron chi connectivity index (χ1n) is 7.76. The molecule has 0 aliphatic rings. The highest BCUT2D eigenvalue weighted by molar-refractivity contribution is 5.79. The summed E-state index contributed by atoms with van der Waals surface area (Å²) in [6, 6.07) is 5.17. The number of hydrogen-bond donors (Lipinski definition) is 2. The lowest BCUT2D eigenvalue weighted by Crippen LogP contribution is -2.38. The summed E-state index contributed by atoms with van der Waals surface area (Å²) in [5.74, 6) is 2.19. The van der Waals surface area contributed by atoms with Crippen molar-refractivity contribution in [2.45, 2.75) is 26.1 Å². The van der Waals surface area contributed by atoms with Crippen LogP contribution in [0.1, 0.15) is 22.8 Å². The minimum atomic E-state index is -4.30. The van der Waals surface area contributed by atoms with Gasteiger partial charge >= 0.3 is 6.18 Å². The molecule has 0 amide bonds. The predicted molar refractivity (Wildman–Crippen MR) is 89.1 cm³/mol. The van der Waals surface area contributed by atoms with Gasteiger partial charge in [0.05, 0.1) is 12.1 Å². The largest absolute Gasteiger partial charge is 0.416 e. The van der Waals surface area contributed by atoms with Crippen LogP contribution in [0.15, 0.2) is 29.3 Å². The lowest BCUT2D eigenvalue weighted by atomic mass is 10.1. The van der Waals surface area contributed by atoms with Gasteiger partial charge in [0.25, 0.3) is 0 Å². The molecule has 9 heteroatoms. The van der Waals surface area contributed by atoms with Gasteiger partial charge in [-0.25, -0.2) is 0 Å². The van der Waals surface area contributed by atoms with Gasteiger partial charge in [0.2, 0.25) is 0 Å². The lowest BCUT2D eigenvalue weighted by molar-refractivity contribution is -0.137. The smallest absolute Gasteiger partial charge is 0.356 e. The summed E-state index contributed by atoms with van der Waals surface area (Å²) in [4.78, 5) is 4.11. The number of hydrogen-bond acceptors (Lipinski definition) is 3. The summed E-state index contributed by atoms with van der Waals surface area (Å²) in [7, 11) is 3.53. The fourth-order valence-corrected chi connectivity index (χ4v) is 2.17. The van der Waals surface area contributed by atoms with Crippen LogP contribution in [-0.4, -0.2) is 34.3 Å². The maximum atomic E-state index is 12.5. The van der Waals surface area contributed by atoms with E-state index in [0.717, 1.165) is 29.3 Å². The van der Waals surface area contributed by atoms with Crippen LogP contribution in [0.25, 0.3) is 0 Å². The topological polar surface area (TPSA) is 67.1 Å². The number of aromatic nitrogens is 3. The van der Waals surface area contributed by atoms with Crippen molar-refractivity contribution in [1.29, 1.82) is 0 Å². The van der Waals surface area contributed by atoms with E-state index in [0.29, 0.717) is 25.5 Å². The number of benzene rings is 1. The second kappa shape index (κ2) is 8.00. The molecule has 0 saturated carbocycles. The van der Waals surface area contributed by atoms with Crippen molar-refractivity contribution in [2.24, 2.45) is 12.0 Å². The molecule has 1 heterocycles. The average molecular weight is 354 g/mol. The standard InChI is InChI=1S/C16H21F3N6/c1-11-23-24-14(25(11)3)10-22-15(20-2)21-9-8-12-4-6-13(7-5-12)16(17,18)19/h4-7H,8-10H2,1-3H3,(H2,20,21,22). The molecule has 0 radical (unpaired) electrons. The van der Waals surface area contributed by atoms with E-state index < -0.39 is 11.7 Å². The average Bonchev–Trinajstić information content (AvgIpc) is 2.89. The number of halogens is 3. The van der Waals surface area contributed by atoms with Crippen LogP contribution in [0.4, 0.5) is 13.2 Å². The Hall–Kier alpha value is -2.58. The number of aliphatic imine (C=N–C) groups is 1. The van der Waals surface area contributed by atoms with Crippen molar-refractivity contribution >= 4 is 5.96 Å². The first kappa shape index (κ1) is 18.8. The van der Waals surface area contributed by atoms with Crippen molar-refractivity contribution in [3.05, 3.63) is 47.0 Å². The van der Waals surface area contributed by atoms with Gasteiger partial charge in [-0.05, 0) is 31.0 Å². The third-order valence-corrected chi connectivity index (χ3v) is 3.81. The number of nitrogens with zero attached hydrogens (tertiary/aromatic N) is 4. The molecule has 6 nitrogen and oxygen atoms in total. The Bertz CT molecular complexity index is 718. The van der Waals surface area contributed by atoms with Gasteiger partial charge in [-0.3, -0.25) is 4.99 Å². The zero-order valence-corrected chi connectivity index (χ0v) is 14.4. The van der Waals surface area contributed by atoms with Gasteiger partial charge in [-0.1, -0.05) is 12.1 Å². The highest BCUT2D eigenvalue weighted by atomic mass is 19.4. The summed E-state index contributed by atoms with van der Waals surface area (Å²) in [5.41, 5.74) is 0.181. The van der Waals surface area contributed by atoms with E-state index in [1.807, 2.05) is 18.5 Å². The molecular formula is C16H21F3N6. The van der Waals surface area contributed by atoms with E-state index >= 15 is 0 Å². The Kier molecular flexibility index (Phi) is 6.00. The van der Waals surface area contributed by atoms with Crippen LogP contribution >= 0.6 is 0 Å². The van der Waals surface area contributed by atoms with Crippen LogP contribution in [-0.2, 0) is 26.2 Å². The van der Waals surface area contributed by atoms with Crippen LogP contribution in [0, 0.1) is 6.92 Å². The van der Waals surface area contributed by atoms with Gasteiger partial charge < -0.3 is 15.2 Å². The Morgan fingerprint density at radius 3 is 2.36 bits per heavy atom. The van der Waals surface area contributed by atoms with Crippen molar-refractivity contribution in [3.63, 3.8) is 0 Å². The van der Waals surface area contributed by atoms with Crippen molar-refractivity contribution in [2.75, 3.05) is 13.6 Å². The molecule has 0 spiro atoms. The summed E-state index contributed by atoms with van der Waals surface area (Å²) in [5, 5.41) is 14.3. The minimum absolute atomic E-state index is 0.470. The second-order valence-corrected chi connectivity index (χ2v) is 5.52. The molecule has 1 aromatic heterocycles. The normalized spacial score (nSPS) is 12.3. The lowest BCUT2D eigenvalue weighted by Gasteiger charge is -2.12. The molecule has 0 aliphatic carbocycles. The van der Waals surface area contributed by atoms with Crippen LogP contribution in [0.2, 0.25) is 0 Å². The molecule has 136 valence electrons. The van der Waals surface area contributed by atoms with Crippen molar-refractivity contribution in [3.8, 4) is 0 Å². The van der Waals surface area contributed by atoms with Crippen molar-refractivity contribution < 1.29 is 13.2 Å². The SMILES string of the molecule is CN=C(NCCc1ccc(C(F)(F)F)cc1)NCc1nnc(C)n1C. The number of aryl methyl sites for hydroxylation is 1. The maximum Gasteiger partial charge on any atom is 0.416 e. The predicted octanol–water partition coefficient (Wildman–Crippen LogP) is 2.05. The van der Waals surface area contributed by atoms with Gasteiger partial charge in [0.1, 0.15) is 5.82 Å². The summed E-state index contributed by atoms with van der Waals surface area (Å²) in [6.45, 7) is 2.88. The zero-order chi connectivity index (χ0) is 18.4. The van der Waals surface area contributed by atoms with E-state index in [1.165, 1.54) is 12.1 Å². The molecule has 0 saturated heterocycles. The molecule has 0 atom stereocenters. The quantitative estimate of drug-likeness (QED) is 0.637. The van der Waals surface area contributed by atoms with E-state index in [1.54, 1.807) is 7.05 Å². The summed E-state index contributed by atoms with van der Waals surface area (Å²) < 4.78 is 39.5. The molecule has 25 heavy (non-hydrogen) atoms. The fraction of sp³-hybridized carbons (Fsp3) is 0.438. The van der Waals surface area contributed by atoms with E-state index in [9.17, 15) is 13.2 Å². The minimum Gasteiger partial charge on any atom is -0.356 e. The molecule has 0 aliphatic heterocycles. The second-order valence-electron chi connectivity index (χ2n) is 5.52. The molecule has 1 aromatic carbocycles. The first-order chi connectivity index (χ1) is 11.8. The first-order valence-corrected chi connectivity index (χ1v) is 7.76. The van der Waals surface area contributed by atoms with Gasteiger partial charge in [0, 0.05) is 20.6 Å². The summed E-state index contributed by atoms with van der Waals surface area (Å²) >= 11 is 0. The highest BCUT2D eigenvalue weighted by Gasteiger charge is 2.29. The fourth-order valence-electron chi connectivity index (χ4n) is 2.17. The maximum absolute atomic E-state index is 12.5. The number of rotatable bonds is 5. The van der Waals surface area contributed by atoms with Gasteiger partial charge in [-0.15, -0.1) is 10.2 Å². The van der Waals surface area contributed by atoms with E-state index in [-0.39, 0.29) is 0 Å². The Morgan fingerprint density at radius 1 is 1.16 bits per heavy atom. The summed E-state index contributed by atoms with van der Waals surface area (Å²) in [6.07, 6.45) is -3.72. The molecule has 2 rings (SSSR count). The van der Waals surface area contributed by atoms with Crippen LogP contribution < -0.4 is 10.6 Å². The number of alkyl halides is 3. The third-order valence-electron chi connectivity index (χ3n) is 3.81. The number of nitrogens with one attached hydrogen (secondary N) is 2. The molecule has 0 fully saturated rings. The Labute approximate surface area is 144 Å². The third kappa shape index (κ3) is 5.20. The van der Waals surface area contributed by atoms with Crippen molar-refractivity contribution in [1.82, 2.24) is 25.4 Å². The zero-order valence-electron chi connectivity index (χ0n) is 14.4. The Balaban J connectivity index is 1.80. The van der Waals surface area contributed by atoms with E-state index in [2.05, 4.69) is 25.8 Å². The van der Waals surface area contributed by atoms with Crippen LogP contribution in [0.3, 0.4) is 0 Å². The molecule has 0 bridgehead atoms.